The summed E-state index contributed by atoms with van der Waals surface area (Å²) in [5.74, 6) is 0. The fourth-order valence-electron chi connectivity index (χ4n) is 3.23. The zero-order chi connectivity index (χ0) is 20.3. The first-order valence-electron chi connectivity index (χ1n) is 9.38. The molecule has 4 heteroatoms. The first-order valence-corrected chi connectivity index (χ1v) is 10.8. The molecule has 3 nitrogen and oxygen atoms in total. The van der Waals surface area contributed by atoms with Crippen molar-refractivity contribution >= 4 is 21.3 Å². The van der Waals surface area contributed by atoms with Crippen LogP contribution in [0.3, 0.4) is 0 Å². The Labute approximate surface area is 172 Å². The normalized spacial score (nSPS) is 14.2. The van der Waals surface area contributed by atoms with Gasteiger partial charge in [0.05, 0.1) is 10.6 Å². The maximum Gasteiger partial charge on any atom is 0.268 e. The Balaban J connectivity index is 1.86. The third-order valence-corrected chi connectivity index (χ3v) is 6.49. The average Bonchev–Trinajstić information content (AvgIpc) is 2.99. The van der Waals surface area contributed by atoms with Gasteiger partial charge in [-0.3, -0.25) is 0 Å². The summed E-state index contributed by atoms with van der Waals surface area (Å²) >= 11 is 0. The zero-order valence-electron chi connectivity index (χ0n) is 16.1. The molecule has 29 heavy (non-hydrogen) atoms. The summed E-state index contributed by atoms with van der Waals surface area (Å²) in [5.41, 5.74) is 4.43. The van der Waals surface area contributed by atoms with E-state index in [2.05, 4.69) is 0 Å². The molecule has 3 aromatic rings. The van der Waals surface area contributed by atoms with Crippen LogP contribution in [-0.2, 0) is 10.0 Å². The highest BCUT2D eigenvalue weighted by Crippen LogP contribution is 2.32. The summed E-state index contributed by atoms with van der Waals surface area (Å²) in [5, 5.41) is 0. The standard InChI is InChI=1S/C25H21NO2S/c1-20-14-16-24(17-15-20)29(27,28)26-18-8-13-23(21-9-4-2-5-10-21)19-25(26)22-11-6-3-7-12-22/h2-19H,1H3. The molecule has 0 unspecified atom stereocenters. The molecule has 0 N–H and O–H groups in total. The lowest BCUT2D eigenvalue weighted by molar-refractivity contribution is 0.558. The Morgan fingerprint density at radius 2 is 1.31 bits per heavy atom. The quantitative estimate of drug-likeness (QED) is 0.569. The molecule has 3 aromatic carbocycles. The predicted molar refractivity (Wildman–Crippen MR) is 118 cm³/mol. The van der Waals surface area contributed by atoms with Crippen molar-refractivity contribution in [2.24, 2.45) is 0 Å². The van der Waals surface area contributed by atoms with E-state index in [0.29, 0.717) is 5.70 Å². The molecule has 0 bridgehead atoms. The van der Waals surface area contributed by atoms with Crippen molar-refractivity contribution in [1.29, 1.82) is 0 Å². The number of hydrogen-bond donors (Lipinski definition) is 0. The highest BCUT2D eigenvalue weighted by Gasteiger charge is 2.26. The Hall–Kier alpha value is -3.37. The SMILES string of the molecule is Cc1ccc(S(=O)(=O)N2C=CC=C(c3ccccc3)C=C2c2ccccc2)cc1. The first-order chi connectivity index (χ1) is 14.1. The fourth-order valence-corrected chi connectivity index (χ4v) is 4.58. The van der Waals surface area contributed by atoms with Crippen molar-refractivity contribution in [2.45, 2.75) is 11.8 Å². The van der Waals surface area contributed by atoms with E-state index in [-0.39, 0.29) is 4.90 Å². The van der Waals surface area contributed by atoms with Gasteiger partial charge in [-0.1, -0.05) is 84.4 Å². The summed E-state index contributed by atoms with van der Waals surface area (Å²) in [4.78, 5) is 0.262. The van der Waals surface area contributed by atoms with Gasteiger partial charge in [0.15, 0.2) is 0 Å². The van der Waals surface area contributed by atoms with Crippen LogP contribution in [-0.4, -0.2) is 12.7 Å². The van der Waals surface area contributed by atoms with Crippen molar-refractivity contribution < 1.29 is 8.42 Å². The summed E-state index contributed by atoms with van der Waals surface area (Å²) in [7, 11) is -3.76. The molecule has 0 spiro atoms. The van der Waals surface area contributed by atoms with Gasteiger partial charge in [0, 0.05) is 6.20 Å². The van der Waals surface area contributed by atoms with E-state index in [1.54, 1.807) is 24.4 Å². The smallest absolute Gasteiger partial charge is 0.241 e. The summed E-state index contributed by atoms with van der Waals surface area (Å²) in [6, 6.07) is 26.5. The van der Waals surface area contributed by atoms with Crippen molar-refractivity contribution in [3.8, 4) is 0 Å². The maximum atomic E-state index is 13.5. The Morgan fingerprint density at radius 1 is 0.724 bits per heavy atom. The molecular weight excluding hydrogens is 378 g/mol. The fraction of sp³-hybridized carbons (Fsp3) is 0.0400. The van der Waals surface area contributed by atoms with E-state index in [1.165, 1.54) is 4.31 Å². The molecule has 0 aliphatic carbocycles. The lowest BCUT2D eigenvalue weighted by Crippen LogP contribution is -2.24. The second-order valence-corrected chi connectivity index (χ2v) is 8.65. The Morgan fingerprint density at radius 3 is 1.93 bits per heavy atom. The number of hydrogen-bond acceptors (Lipinski definition) is 2. The van der Waals surface area contributed by atoms with E-state index in [4.69, 9.17) is 0 Å². The summed E-state index contributed by atoms with van der Waals surface area (Å²) in [6.45, 7) is 1.94. The van der Waals surface area contributed by atoms with Crippen LogP contribution in [0.15, 0.2) is 114 Å². The topological polar surface area (TPSA) is 37.4 Å². The van der Waals surface area contributed by atoms with Crippen LogP contribution in [0.2, 0.25) is 0 Å². The van der Waals surface area contributed by atoms with Gasteiger partial charge in [0.25, 0.3) is 10.0 Å². The van der Waals surface area contributed by atoms with Crippen molar-refractivity contribution in [3.63, 3.8) is 0 Å². The van der Waals surface area contributed by atoms with Crippen LogP contribution in [0, 0.1) is 6.92 Å². The summed E-state index contributed by atoms with van der Waals surface area (Å²) < 4.78 is 28.3. The van der Waals surface area contributed by atoms with Gasteiger partial charge < -0.3 is 0 Å². The van der Waals surface area contributed by atoms with Crippen LogP contribution in [0.5, 0.6) is 0 Å². The average molecular weight is 400 g/mol. The molecule has 0 radical (unpaired) electrons. The third-order valence-electron chi connectivity index (χ3n) is 4.78. The molecule has 0 amide bonds. The highest BCUT2D eigenvalue weighted by atomic mass is 32.2. The molecule has 4 rings (SSSR count). The van der Waals surface area contributed by atoms with Crippen LogP contribution >= 0.6 is 0 Å². The second-order valence-electron chi connectivity index (χ2n) is 6.84. The molecule has 0 aromatic heterocycles. The number of aryl methyl sites for hydroxylation is 1. The van der Waals surface area contributed by atoms with E-state index in [9.17, 15) is 8.42 Å². The molecule has 1 heterocycles. The van der Waals surface area contributed by atoms with E-state index >= 15 is 0 Å². The zero-order valence-corrected chi connectivity index (χ0v) is 16.9. The monoisotopic (exact) mass is 399 g/mol. The molecule has 144 valence electrons. The van der Waals surface area contributed by atoms with Gasteiger partial charge in [-0.05, 0) is 47.9 Å². The minimum atomic E-state index is -3.76. The van der Waals surface area contributed by atoms with Crippen LogP contribution in [0.25, 0.3) is 11.3 Å². The van der Waals surface area contributed by atoms with E-state index in [1.807, 2.05) is 91.9 Å². The number of benzene rings is 3. The predicted octanol–water partition coefficient (Wildman–Crippen LogP) is 5.64. The van der Waals surface area contributed by atoms with Gasteiger partial charge in [-0.25, -0.2) is 12.7 Å². The lowest BCUT2D eigenvalue weighted by atomic mass is 10.0. The van der Waals surface area contributed by atoms with Crippen LogP contribution in [0.1, 0.15) is 16.7 Å². The second kappa shape index (κ2) is 7.94. The maximum absolute atomic E-state index is 13.5. The van der Waals surface area contributed by atoms with Crippen LogP contribution in [0.4, 0.5) is 0 Å². The van der Waals surface area contributed by atoms with Crippen LogP contribution < -0.4 is 0 Å². The van der Waals surface area contributed by atoms with Gasteiger partial charge in [0.2, 0.25) is 0 Å². The van der Waals surface area contributed by atoms with E-state index in [0.717, 1.165) is 22.3 Å². The largest absolute Gasteiger partial charge is 0.268 e. The molecule has 1 aliphatic rings. The van der Waals surface area contributed by atoms with Crippen molar-refractivity contribution in [3.05, 3.63) is 126 Å². The Bertz CT molecular complexity index is 1190. The molecule has 0 atom stereocenters. The summed E-state index contributed by atoms with van der Waals surface area (Å²) in [6.07, 6.45) is 7.25. The minimum absolute atomic E-state index is 0.262. The van der Waals surface area contributed by atoms with Crippen molar-refractivity contribution in [2.75, 3.05) is 0 Å². The van der Waals surface area contributed by atoms with Gasteiger partial charge in [-0.2, -0.15) is 0 Å². The number of allylic oxidation sites excluding steroid dienone is 4. The lowest BCUT2D eigenvalue weighted by Gasteiger charge is -2.23. The first kappa shape index (κ1) is 19.0. The Kier molecular flexibility index (Phi) is 5.19. The van der Waals surface area contributed by atoms with Gasteiger partial charge in [-0.15, -0.1) is 0 Å². The number of rotatable bonds is 4. The molecule has 0 fully saturated rings. The molecule has 1 aliphatic heterocycles. The van der Waals surface area contributed by atoms with Gasteiger partial charge in [0.1, 0.15) is 0 Å². The molecule has 0 saturated heterocycles. The van der Waals surface area contributed by atoms with Crippen molar-refractivity contribution in [1.82, 2.24) is 4.31 Å². The third kappa shape index (κ3) is 3.93. The number of sulfonamides is 1. The van der Waals surface area contributed by atoms with Gasteiger partial charge >= 0.3 is 0 Å². The molecular formula is C25H21NO2S. The minimum Gasteiger partial charge on any atom is -0.241 e. The highest BCUT2D eigenvalue weighted by molar-refractivity contribution is 7.89. The molecule has 0 saturated carbocycles. The van der Waals surface area contributed by atoms with E-state index < -0.39 is 10.0 Å². The number of nitrogens with zero attached hydrogens (tertiary/aromatic N) is 1.